The van der Waals surface area contributed by atoms with E-state index in [1.807, 2.05) is 10.7 Å². The Morgan fingerprint density at radius 1 is 0.821 bits per heavy atom. The second-order valence-corrected chi connectivity index (χ2v) is 7.38. The van der Waals surface area contributed by atoms with Crippen molar-refractivity contribution < 1.29 is 0 Å². The van der Waals surface area contributed by atoms with Crippen molar-refractivity contribution in [3.05, 3.63) is 102 Å². The number of nitrogens with one attached hydrogen (secondary N) is 1. The van der Waals surface area contributed by atoms with E-state index in [1.54, 1.807) is 6.33 Å². The lowest BCUT2D eigenvalue weighted by molar-refractivity contribution is 0.431. The zero-order valence-electron chi connectivity index (χ0n) is 15.8. The molecule has 4 aromatic rings. The smallest absolute Gasteiger partial charge is 0.222 e. The van der Waals surface area contributed by atoms with Crippen LogP contribution in [0.25, 0.3) is 11.1 Å². The second kappa shape index (κ2) is 6.97. The third kappa shape index (κ3) is 3.07. The van der Waals surface area contributed by atoms with Crippen LogP contribution in [0, 0.1) is 6.92 Å². The van der Waals surface area contributed by atoms with Crippen LogP contribution in [0.2, 0.25) is 0 Å². The van der Waals surface area contributed by atoms with Crippen LogP contribution in [0.1, 0.15) is 35.2 Å². The molecular weight excluding hydrogens is 344 g/mol. The summed E-state index contributed by atoms with van der Waals surface area (Å²) in [7, 11) is 0. The summed E-state index contributed by atoms with van der Waals surface area (Å²) >= 11 is 0. The van der Waals surface area contributed by atoms with Crippen LogP contribution >= 0.6 is 0 Å². The zero-order chi connectivity index (χ0) is 18.9. The predicted octanol–water partition coefficient (Wildman–Crippen LogP) is 5.40. The number of rotatable bonds is 3. The van der Waals surface area contributed by atoms with Gasteiger partial charge in [0.25, 0.3) is 0 Å². The van der Waals surface area contributed by atoms with Crippen LogP contribution in [0.15, 0.2) is 85.2 Å². The van der Waals surface area contributed by atoms with E-state index in [0.29, 0.717) is 0 Å². The predicted molar refractivity (Wildman–Crippen MR) is 112 cm³/mol. The lowest BCUT2D eigenvalue weighted by Gasteiger charge is -2.32. The summed E-state index contributed by atoms with van der Waals surface area (Å²) in [5, 5.41) is 8.01. The van der Waals surface area contributed by atoms with E-state index in [2.05, 4.69) is 95.1 Å². The van der Waals surface area contributed by atoms with Gasteiger partial charge in [-0.1, -0.05) is 84.4 Å². The Labute approximate surface area is 164 Å². The largest absolute Gasteiger partial charge is 0.348 e. The summed E-state index contributed by atoms with van der Waals surface area (Å²) in [5.41, 5.74) is 6.28. The molecule has 2 atom stereocenters. The molecule has 0 bridgehead atoms. The van der Waals surface area contributed by atoms with Crippen molar-refractivity contribution in [3.8, 4) is 11.1 Å². The number of hydrogen-bond donors (Lipinski definition) is 1. The maximum Gasteiger partial charge on any atom is 0.222 e. The number of aryl methyl sites for hydroxylation is 1. The molecule has 0 spiro atoms. The molecule has 1 aliphatic heterocycles. The Kier molecular flexibility index (Phi) is 4.17. The van der Waals surface area contributed by atoms with Crippen LogP contribution in [0.4, 0.5) is 5.95 Å². The van der Waals surface area contributed by atoms with Gasteiger partial charge in [-0.25, -0.2) is 4.68 Å². The molecule has 5 rings (SSSR count). The molecule has 4 heteroatoms. The third-order valence-electron chi connectivity index (χ3n) is 5.51. The minimum absolute atomic E-state index is 0.179. The molecule has 0 saturated heterocycles. The van der Waals surface area contributed by atoms with Crippen LogP contribution in [-0.2, 0) is 0 Å². The van der Waals surface area contributed by atoms with E-state index in [9.17, 15) is 0 Å². The third-order valence-corrected chi connectivity index (χ3v) is 5.51. The van der Waals surface area contributed by atoms with Crippen LogP contribution in [0.5, 0.6) is 0 Å². The monoisotopic (exact) mass is 366 g/mol. The maximum absolute atomic E-state index is 4.46. The molecule has 1 aliphatic rings. The van der Waals surface area contributed by atoms with Crippen molar-refractivity contribution in [2.24, 2.45) is 0 Å². The van der Waals surface area contributed by atoms with Gasteiger partial charge in [0.15, 0.2) is 0 Å². The van der Waals surface area contributed by atoms with Gasteiger partial charge in [-0.15, -0.1) is 0 Å². The molecule has 2 heterocycles. The summed E-state index contributed by atoms with van der Waals surface area (Å²) in [5.74, 6) is 0.828. The van der Waals surface area contributed by atoms with E-state index in [-0.39, 0.29) is 12.1 Å². The Morgan fingerprint density at radius 2 is 1.50 bits per heavy atom. The highest BCUT2D eigenvalue weighted by Crippen LogP contribution is 2.37. The highest BCUT2D eigenvalue weighted by atomic mass is 15.4. The quantitative estimate of drug-likeness (QED) is 0.528. The van der Waals surface area contributed by atoms with Crippen molar-refractivity contribution in [2.75, 3.05) is 5.32 Å². The molecule has 0 amide bonds. The van der Waals surface area contributed by atoms with Gasteiger partial charge < -0.3 is 5.32 Å². The van der Waals surface area contributed by atoms with Crippen molar-refractivity contribution >= 4 is 5.95 Å². The average molecular weight is 366 g/mol. The van der Waals surface area contributed by atoms with Gasteiger partial charge >= 0.3 is 0 Å². The van der Waals surface area contributed by atoms with Gasteiger partial charge in [0.1, 0.15) is 6.33 Å². The Morgan fingerprint density at radius 3 is 2.25 bits per heavy atom. The van der Waals surface area contributed by atoms with Crippen molar-refractivity contribution in [2.45, 2.75) is 25.4 Å². The first-order valence-electron chi connectivity index (χ1n) is 9.66. The van der Waals surface area contributed by atoms with Crippen molar-refractivity contribution in [3.63, 3.8) is 0 Å². The Hall–Kier alpha value is -3.40. The normalized spacial score (nSPS) is 18.3. The number of benzene rings is 3. The second-order valence-electron chi connectivity index (χ2n) is 7.38. The molecule has 0 fully saturated rings. The van der Waals surface area contributed by atoms with Gasteiger partial charge in [-0.05, 0) is 35.6 Å². The first-order chi connectivity index (χ1) is 13.8. The standard InChI is InChI=1S/C24H22N4/c1-17-7-9-21(10-8-17)23-15-22(27-24-25-16-26-28(23)24)20-13-11-19(12-14-20)18-5-3-2-4-6-18/h2-14,16,22-23H,15H2,1H3,(H,25,26,27). The number of anilines is 1. The first kappa shape index (κ1) is 16.8. The van der Waals surface area contributed by atoms with Crippen molar-refractivity contribution in [1.82, 2.24) is 14.8 Å². The van der Waals surface area contributed by atoms with Gasteiger partial charge in [0, 0.05) is 0 Å². The number of hydrogen-bond acceptors (Lipinski definition) is 3. The van der Waals surface area contributed by atoms with Crippen LogP contribution in [-0.4, -0.2) is 14.8 Å². The van der Waals surface area contributed by atoms with Crippen LogP contribution < -0.4 is 5.32 Å². The highest BCUT2D eigenvalue weighted by molar-refractivity contribution is 5.63. The number of nitrogens with zero attached hydrogens (tertiary/aromatic N) is 3. The molecular formula is C24H22N4. The van der Waals surface area contributed by atoms with Crippen LogP contribution in [0.3, 0.4) is 0 Å². The summed E-state index contributed by atoms with van der Waals surface area (Å²) < 4.78 is 2.00. The minimum Gasteiger partial charge on any atom is -0.348 e. The Balaban J connectivity index is 1.45. The van der Waals surface area contributed by atoms with Crippen molar-refractivity contribution in [1.29, 1.82) is 0 Å². The molecule has 0 aliphatic carbocycles. The summed E-state index contributed by atoms with van der Waals surface area (Å²) in [4.78, 5) is 4.43. The van der Waals surface area contributed by atoms with E-state index in [0.717, 1.165) is 12.4 Å². The number of aromatic nitrogens is 3. The molecule has 1 N–H and O–H groups in total. The van der Waals surface area contributed by atoms with E-state index in [4.69, 9.17) is 0 Å². The minimum atomic E-state index is 0.179. The zero-order valence-corrected chi connectivity index (χ0v) is 15.8. The fourth-order valence-corrected chi connectivity index (χ4v) is 3.94. The first-order valence-corrected chi connectivity index (χ1v) is 9.66. The fraction of sp³-hybridized carbons (Fsp3) is 0.167. The molecule has 2 unspecified atom stereocenters. The van der Waals surface area contributed by atoms with E-state index < -0.39 is 0 Å². The molecule has 0 saturated carbocycles. The molecule has 1 aromatic heterocycles. The lowest BCUT2D eigenvalue weighted by atomic mass is 9.92. The molecule has 138 valence electrons. The Bertz CT molecular complexity index is 1070. The lowest BCUT2D eigenvalue weighted by Crippen LogP contribution is -2.28. The summed E-state index contributed by atoms with van der Waals surface area (Å²) in [6.45, 7) is 2.12. The van der Waals surface area contributed by atoms with Gasteiger partial charge in [0.2, 0.25) is 5.95 Å². The van der Waals surface area contributed by atoms with Gasteiger partial charge in [-0.3, -0.25) is 0 Å². The molecule has 28 heavy (non-hydrogen) atoms. The molecule has 4 nitrogen and oxygen atoms in total. The number of fused-ring (bicyclic) bond motifs is 1. The SMILES string of the molecule is Cc1ccc(C2CC(c3ccc(-c4ccccc4)cc3)Nc3ncnn32)cc1. The average Bonchev–Trinajstić information content (AvgIpc) is 3.23. The summed E-state index contributed by atoms with van der Waals surface area (Å²) in [6, 6.07) is 28.4. The van der Waals surface area contributed by atoms with E-state index >= 15 is 0 Å². The topological polar surface area (TPSA) is 42.7 Å². The molecule has 0 radical (unpaired) electrons. The van der Waals surface area contributed by atoms with Gasteiger partial charge in [0.05, 0.1) is 12.1 Å². The van der Waals surface area contributed by atoms with E-state index in [1.165, 1.54) is 27.8 Å². The maximum atomic E-state index is 4.46. The summed E-state index contributed by atoms with van der Waals surface area (Å²) in [6.07, 6.45) is 2.56. The fourth-order valence-electron chi connectivity index (χ4n) is 3.94. The molecule has 3 aromatic carbocycles. The van der Waals surface area contributed by atoms with Gasteiger partial charge in [-0.2, -0.15) is 10.1 Å². The highest BCUT2D eigenvalue weighted by Gasteiger charge is 2.29.